The second-order valence-electron chi connectivity index (χ2n) is 5.81. The minimum absolute atomic E-state index is 0.0208. The molecule has 1 amide bonds. The SMILES string of the molecule is CCC(CC1CC1)NC(=O)c1cc(C)ccc1C#CCN. The third kappa shape index (κ3) is 4.61. The third-order valence-corrected chi connectivity index (χ3v) is 3.89. The first-order chi connectivity index (χ1) is 10.1. The molecule has 1 atom stereocenters. The van der Waals surface area contributed by atoms with Crippen LogP contribution in [0.25, 0.3) is 0 Å². The fraction of sp³-hybridized carbons (Fsp3) is 0.500. The van der Waals surface area contributed by atoms with Gasteiger partial charge in [0.2, 0.25) is 0 Å². The molecule has 0 heterocycles. The van der Waals surface area contributed by atoms with Gasteiger partial charge in [-0.15, -0.1) is 0 Å². The molecule has 0 bridgehead atoms. The summed E-state index contributed by atoms with van der Waals surface area (Å²) in [5.41, 5.74) is 7.90. The molecule has 1 aromatic rings. The molecule has 3 N–H and O–H groups in total. The van der Waals surface area contributed by atoms with Crippen LogP contribution in [0.4, 0.5) is 0 Å². The van der Waals surface area contributed by atoms with Crippen molar-refractivity contribution in [1.82, 2.24) is 5.32 Å². The molecule has 1 saturated carbocycles. The molecular weight excluding hydrogens is 260 g/mol. The lowest BCUT2D eigenvalue weighted by Gasteiger charge is -2.17. The van der Waals surface area contributed by atoms with Crippen LogP contribution >= 0.6 is 0 Å². The van der Waals surface area contributed by atoms with Crippen LogP contribution in [0.2, 0.25) is 0 Å². The van der Waals surface area contributed by atoms with Gasteiger partial charge in [-0.05, 0) is 37.8 Å². The van der Waals surface area contributed by atoms with Gasteiger partial charge < -0.3 is 11.1 Å². The Labute approximate surface area is 127 Å². The molecular formula is C18H24N2O. The molecule has 0 saturated heterocycles. The molecule has 3 heteroatoms. The molecule has 0 aliphatic heterocycles. The van der Waals surface area contributed by atoms with Crippen molar-refractivity contribution in [3.8, 4) is 11.8 Å². The van der Waals surface area contributed by atoms with E-state index in [1.807, 2.05) is 25.1 Å². The minimum Gasteiger partial charge on any atom is -0.349 e. The second-order valence-corrected chi connectivity index (χ2v) is 5.81. The number of benzene rings is 1. The molecule has 1 aliphatic rings. The van der Waals surface area contributed by atoms with Crippen molar-refractivity contribution in [3.63, 3.8) is 0 Å². The fourth-order valence-electron chi connectivity index (χ4n) is 2.45. The van der Waals surface area contributed by atoms with E-state index in [1.54, 1.807) is 0 Å². The van der Waals surface area contributed by atoms with Gasteiger partial charge in [0.05, 0.1) is 12.1 Å². The number of hydrogen-bond donors (Lipinski definition) is 2. The summed E-state index contributed by atoms with van der Waals surface area (Å²) in [6, 6.07) is 6.04. The molecule has 1 fully saturated rings. The zero-order valence-electron chi connectivity index (χ0n) is 12.9. The lowest BCUT2D eigenvalue weighted by atomic mass is 10.0. The number of rotatable bonds is 5. The van der Waals surface area contributed by atoms with E-state index in [2.05, 4.69) is 24.1 Å². The van der Waals surface area contributed by atoms with Gasteiger partial charge in [0.25, 0.3) is 5.91 Å². The smallest absolute Gasteiger partial charge is 0.252 e. The Balaban J connectivity index is 2.14. The van der Waals surface area contributed by atoms with Gasteiger partial charge in [-0.1, -0.05) is 43.2 Å². The molecule has 112 valence electrons. The lowest BCUT2D eigenvalue weighted by Crippen LogP contribution is -2.35. The summed E-state index contributed by atoms with van der Waals surface area (Å²) in [6.07, 6.45) is 4.68. The molecule has 0 aromatic heterocycles. The highest BCUT2D eigenvalue weighted by Gasteiger charge is 2.26. The van der Waals surface area contributed by atoms with E-state index in [0.29, 0.717) is 12.1 Å². The van der Waals surface area contributed by atoms with Crippen molar-refractivity contribution in [1.29, 1.82) is 0 Å². The highest BCUT2D eigenvalue weighted by atomic mass is 16.1. The van der Waals surface area contributed by atoms with Crippen LogP contribution in [-0.4, -0.2) is 18.5 Å². The van der Waals surface area contributed by atoms with Crippen LogP contribution in [0, 0.1) is 24.7 Å². The first kappa shape index (κ1) is 15.6. The summed E-state index contributed by atoms with van der Waals surface area (Å²) in [5.74, 6) is 6.60. The van der Waals surface area contributed by atoms with Crippen molar-refractivity contribution >= 4 is 5.91 Å². The number of hydrogen-bond acceptors (Lipinski definition) is 2. The van der Waals surface area contributed by atoms with E-state index in [1.165, 1.54) is 12.8 Å². The zero-order valence-corrected chi connectivity index (χ0v) is 12.9. The zero-order chi connectivity index (χ0) is 15.2. The largest absolute Gasteiger partial charge is 0.349 e. The second kappa shape index (κ2) is 7.28. The highest BCUT2D eigenvalue weighted by molar-refractivity contribution is 5.97. The van der Waals surface area contributed by atoms with Crippen molar-refractivity contribution in [2.75, 3.05) is 6.54 Å². The van der Waals surface area contributed by atoms with Gasteiger partial charge in [-0.25, -0.2) is 0 Å². The van der Waals surface area contributed by atoms with Crippen LogP contribution in [0.5, 0.6) is 0 Å². The van der Waals surface area contributed by atoms with Gasteiger partial charge in [0.1, 0.15) is 0 Å². The Hall–Kier alpha value is -1.79. The highest BCUT2D eigenvalue weighted by Crippen LogP contribution is 2.34. The number of carbonyl (C=O) groups excluding carboxylic acids is 1. The molecule has 3 nitrogen and oxygen atoms in total. The van der Waals surface area contributed by atoms with E-state index in [9.17, 15) is 4.79 Å². The molecule has 1 aromatic carbocycles. The standard InChI is InChI=1S/C18H24N2O/c1-3-16(12-14-7-8-14)20-18(21)17-11-13(2)6-9-15(17)5-4-10-19/h6,9,11,14,16H,3,7-8,10,12,19H2,1-2H3,(H,20,21). The van der Waals surface area contributed by atoms with Gasteiger partial charge in [-0.3, -0.25) is 4.79 Å². The average Bonchev–Trinajstić information content (AvgIpc) is 3.29. The Kier molecular flexibility index (Phi) is 5.41. The molecule has 0 spiro atoms. The Morgan fingerprint density at radius 3 is 2.86 bits per heavy atom. The maximum absolute atomic E-state index is 12.5. The van der Waals surface area contributed by atoms with E-state index in [0.717, 1.165) is 29.9 Å². The third-order valence-electron chi connectivity index (χ3n) is 3.89. The topological polar surface area (TPSA) is 55.1 Å². The monoisotopic (exact) mass is 284 g/mol. The average molecular weight is 284 g/mol. The Morgan fingerprint density at radius 1 is 1.48 bits per heavy atom. The molecule has 1 aliphatic carbocycles. The molecule has 21 heavy (non-hydrogen) atoms. The van der Waals surface area contributed by atoms with E-state index in [-0.39, 0.29) is 11.9 Å². The van der Waals surface area contributed by atoms with Crippen LogP contribution in [0.15, 0.2) is 18.2 Å². The van der Waals surface area contributed by atoms with Crippen molar-refractivity contribution in [3.05, 3.63) is 34.9 Å². The van der Waals surface area contributed by atoms with Crippen LogP contribution < -0.4 is 11.1 Å². The summed E-state index contributed by atoms with van der Waals surface area (Å²) < 4.78 is 0. The van der Waals surface area contributed by atoms with Crippen LogP contribution in [-0.2, 0) is 0 Å². The number of amides is 1. The van der Waals surface area contributed by atoms with Crippen molar-refractivity contribution < 1.29 is 4.79 Å². The predicted octanol–water partition coefficient (Wildman–Crippen LogP) is 2.61. The normalized spacial score (nSPS) is 15.0. The predicted molar refractivity (Wildman–Crippen MR) is 86.0 cm³/mol. The fourth-order valence-corrected chi connectivity index (χ4v) is 2.45. The first-order valence-corrected chi connectivity index (χ1v) is 7.74. The van der Waals surface area contributed by atoms with E-state index < -0.39 is 0 Å². The van der Waals surface area contributed by atoms with Gasteiger partial charge >= 0.3 is 0 Å². The maximum Gasteiger partial charge on any atom is 0.252 e. The summed E-state index contributed by atoms with van der Waals surface area (Å²) in [7, 11) is 0. The molecule has 2 rings (SSSR count). The summed E-state index contributed by atoms with van der Waals surface area (Å²) >= 11 is 0. The van der Waals surface area contributed by atoms with Crippen molar-refractivity contribution in [2.45, 2.75) is 45.6 Å². The Bertz CT molecular complexity index is 564. The van der Waals surface area contributed by atoms with Crippen molar-refractivity contribution in [2.24, 2.45) is 11.7 Å². The summed E-state index contributed by atoms with van der Waals surface area (Å²) in [5, 5.41) is 3.16. The number of carbonyl (C=O) groups is 1. The molecule has 1 unspecified atom stereocenters. The Morgan fingerprint density at radius 2 is 2.24 bits per heavy atom. The summed E-state index contributed by atoms with van der Waals surface area (Å²) in [4.78, 5) is 12.5. The van der Waals surface area contributed by atoms with Gasteiger partial charge in [-0.2, -0.15) is 0 Å². The number of nitrogens with one attached hydrogen (secondary N) is 1. The summed E-state index contributed by atoms with van der Waals surface area (Å²) in [6.45, 7) is 4.41. The van der Waals surface area contributed by atoms with Gasteiger partial charge in [0, 0.05) is 11.6 Å². The maximum atomic E-state index is 12.5. The number of aryl methyl sites for hydroxylation is 1. The lowest BCUT2D eigenvalue weighted by molar-refractivity contribution is 0.0932. The first-order valence-electron chi connectivity index (χ1n) is 7.74. The minimum atomic E-state index is -0.0208. The van der Waals surface area contributed by atoms with Gasteiger partial charge in [0.15, 0.2) is 0 Å². The van der Waals surface area contributed by atoms with Crippen LogP contribution in [0.1, 0.15) is 54.1 Å². The van der Waals surface area contributed by atoms with Crippen LogP contribution in [0.3, 0.4) is 0 Å². The quantitative estimate of drug-likeness (QED) is 0.817. The number of nitrogens with two attached hydrogens (primary N) is 1. The molecule has 0 radical (unpaired) electrons. The van der Waals surface area contributed by atoms with E-state index in [4.69, 9.17) is 5.73 Å². The van der Waals surface area contributed by atoms with E-state index >= 15 is 0 Å².